The van der Waals surface area contributed by atoms with Crippen molar-refractivity contribution in [3.05, 3.63) is 29.8 Å². The highest BCUT2D eigenvalue weighted by molar-refractivity contribution is 7.91. The number of hydrogen-bond donors (Lipinski definition) is 0. The van der Waals surface area contributed by atoms with Crippen molar-refractivity contribution < 1.29 is 13.2 Å². The van der Waals surface area contributed by atoms with Gasteiger partial charge in [0.15, 0.2) is 9.84 Å². The van der Waals surface area contributed by atoms with Crippen molar-refractivity contribution in [3.8, 4) is 6.07 Å². The van der Waals surface area contributed by atoms with E-state index in [2.05, 4.69) is 0 Å². The summed E-state index contributed by atoms with van der Waals surface area (Å²) in [5, 5.41) is 8.72. The SMILES string of the molecule is N#Cc1ccc(S(=O)(=O)CCOC2CCCCCC2)cc1. The first kappa shape index (κ1) is 16.0. The lowest BCUT2D eigenvalue weighted by Crippen LogP contribution is -2.18. The molecule has 1 aliphatic carbocycles. The van der Waals surface area contributed by atoms with Crippen LogP contribution in [0.25, 0.3) is 0 Å². The molecule has 4 nitrogen and oxygen atoms in total. The van der Waals surface area contributed by atoms with Crippen molar-refractivity contribution in [2.24, 2.45) is 0 Å². The molecule has 1 aromatic rings. The van der Waals surface area contributed by atoms with Crippen LogP contribution in [-0.4, -0.2) is 26.9 Å². The predicted octanol–water partition coefficient (Wildman–Crippen LogP) is 3.07. The van der Waals surface area contributed by atoms with Gasteiger partial charge >= 0.3 is 0 Å². The monoisotopic (exact) mass is 307 g/mol. The topological polar surface area (TPSA) is 67.2 Å². The Balaban J connectivity index is 1.87. The molecule has 0 amide bonds. The van der Waals surface area contributed by atoms with E-state index in [1.807, 2.05) is 6.07 Å². The minimum atomic E-state index is -3.33. The molecule has 0 aromatic heterocycles. The summed E-state index contributed by atoms with van der Waals surface area (Å²) in [6.07, 6.45) is 7.14. The van der Waals surface area contributed by atoms with Crippen LogP contribution >= 0.6 is 0 Å². The van der Waals surface area contributed by atoms with Gasteiger partial charge in [-0.1, -0.05) is 25.7 Å². The smallest absolute Gasteiger partial charge is 0.180 e. The van der Waals surface area contributed by atoms with E-state index in [4.69, 9.17) is 10.00 Å². The molecule has 0 atom stereocenters. The highest BCUT2D eigenvalue weighted by atomic mass is 32.2. The zero-order valence-corrected chi connectivity index (χ0v) is 12.9. The number of hydrogen-bond acceptors (Lipinski definition) is 4. The molecular weight excluding hydrogens is 286 g/mol. The summed E-state index contributed by atoms with van der Waals surface area (Å²) in [5.41, 5.74) is 0.462. The maximum atomic E-state index is 12.2. The van der Waals surface area contributed by atoms with E-state index in [0.29, 0.717) is 5.56 Å². The first-order chi connectivity index (χ1) is 10.1. The Kier molecular flexibility index (Phi) is 5.77. The summed E-state index contributed by atoms with van der Waals surface area (Å²) < 4.78 is 30.1. The van der Waals surface area contributed by atoms with Crippen LogP contribution in [0.1, 0.15) is 44.1 Å². The van der Waals surface area contributed by atoms with E-state index in [1.54, 1.807) is 0 Å². The third-order valence-corrected chi connectivity index (χ3v) is 5.54. The van der Waals surface area contributed by atoms with Crippen LogP contribution in [0.4, 0.5) is 0 Å². The Hall–Kier alpha value is -1.38. The predicted molar refractivity (Wildman–Crippen MR) is 80.7 cm³/mol. The second-order valence-electron chi connectivity index (χ2n) is 5.44. The van der Waals surface area contributed by atoms with Crippen LogP contribution in [0.15, 0.2) is 29.2 Å². The van der Waals surface area contributed by atoms with Crippen molar-refractivity contribution in [3.63, 3.8) is 0 Å². The fourth-order valence-electron chi connectivity index (χ4n) is 2.59. The largest absolute Gasteiger partial charge is 0.377 e. The molecule has 0 saturated heterocycles. The number of nitriles is 1. The van der Waals surface area contributed by atoms with Crippen molar-refractivity contribution in [1.82, 2.24) is 0 Å². The molecule has 1 aliphatic rings. The normalized spacial score (nSPS) is 17.1. The molecule has 5 heteroatoms. The minimum absolute atomic E-state index is 0.00456. The summed E-state index contributed by atoms with van der Waals surface area (Å²) in [7, 11) is -3.33. The maximum Gasteiger partial charge on any atom is 0.180 e. The fourth-order valence-corrected chi connectivity index (χ4v) is 3.69. The van der Waals surface area contributed by atoms with Gasteiger partial charge in [0.2, 0.25) is 0 Å². The summed E-state index contributed by atoms with van der Waals surface area (Å²) in [6, 6.07) is 8.00. The van der Waals surface area contributed by atoms with Gasteiger partial charge in [0.05, 0.1) is 35.0 Å². The van der Waals surface area contributed by atoms with Gasteiger partial charge in [-0.05, 0) is 37.1 Å². The van der Waals surface area contributed by atoms with Crippen LogP contribution in [0.5, 0.6) is 0 Å². The van der Waals surface area contributed by atoms with Crippen molar-refractivity contribution in [2.45, 2.75) is 49.5 Å². The summed E-state index contributed by atoms with van der Waals surface area (Å²) in [6.45, 7) is 0.243. The van der Waals surface area contributed by atoms with Gasteiger partial charge in [-0.15, -0.1) is 0 Å². The van der Waals surface area contributed by atoms with E-state index in [1.165, 1.54) is 49.9 Å². The quantitative estimate of drug-likeness (QED) is 0.784. The molecule has 1 fully saturated rings. The van der Waals surface area contributed by atoms with Crippen molar-refractivity contribution in [2.75, 3.05) is 12.4 Å². The average Bonchev–Trinajstić information content (AvgIpc) is 2.76. The molecule has 0 bridgehead atoms. The fraction of sp³-hybridized carbons (Fsp3) is 0.562. The highest BCUT2D eigenvalue weighted by Gasteiger charge is 2.17. The lowest BCUT2D eigenvalue weighted by molar-refractivity contribution is 0.0536. The van der Waals surface area contributed by atoms with Gasteiger partial charge < -0.3 is 4.74 Å². The highest BCUT2D eigenvalue weighted by Crippen LogP contribution is 2.20. The first-order valence-electron chi connectivity index (χ1n) is 7.46. The van der Waals surface area contributed by atoms with Crippen LogP contribution < -0.4 is 0 Å². The van der Waals surface area contributed by atoms with Crippen LogP contribution in [0.3, 0.4) is 0 Å². The standard InChI is InChI=1S/C16H21NO3S/c17-13-14-7-9-16(10-8-14)21(18,19)12-11-20-15-5-3-1-2-4-6-15/h7-10,15H,1-6,11-12H2. The van der Waals surface area contributed by atoms with Crippen molar-refractivity contribution >= 4 is 9.84 Å². The van der Waals surface area contributed by atoms with Gasteiger partial charge in [-0.3, -0.25) is 0 Å². The average molecular weight is 307 g/mol. The zero-order chi connectivity index (χ0) is 15.1. The molecule has 2 rings (SSSR count). The number of rotatable bonds is 5. The maximum absolute atomic E-state index is 12.2. The van der Waals surface area contributed by atoms with Gasteiger partial charge in [0, 0.05) is 0 Å². The Morgan fingerprint density at radius 3 is 2.29 bits per heavy atom. The summed E-state index contributed by atoms with van der Waals surface area (Å²) >= 11 is 0. The van der Waals surface area contributed by atoms with Crippen molar-refractivity contribution in [1.29, 1.82) is 5.26 Å². The van der Waals surface area contributed by atoms with Gasteiger partial charge in [-0.25, -0.2) is 8.42 Å². The van der Waals surface area contributed by atoms with Crippen LogP contribution in [-0.2, 0) is 14.6 Å². The molecule has 1 saturated carbocycles. The van der Waals surface area contributed by atoms with Crippen LogP contribution in [0, 0.1) is 11.3 Å². The van der Waals surface area contributed by atoms with Gasteiger partial charge in [-0.2, -0.15) is 5.26 Å². The molecule has 0 unspecified atom stereocenters. The third-order valence-electron chi connectivity index (χ3n) is 3.85. The molecule has 0 heterocycles. The Morgan fingerprint density at radius 1 is 1.10 bits per heavy atom. The van der Waals surface area contributed by atoms with Gasteiger partial charge in [0.25, 0.3) is 0 Å². The summed E-state index contributed by atoms with van der Waals surface area (Å²) in [5.74, 6) is -0.00456. The first-order valence-corrected chi connectivity index (χ1v) is 9.11. The molecular formula is C16H21NO3S. The van der Waals surface area contributed by atoms with Crippen LogP contribution in [0.2, 0.25) is 0 Å². The molecule has 1 aromatic carbocycles. The molecule has 0 radical (unpaired) electrons. The number of ether oxygens (including phenoxy) is 1. The van der Waals surface area contributed by atoms with E-state index >= 15 is 0 Å². The number of sulfone groups is 1. The van der Waals surface area contributed by atoms with E-state index in [-0.39, 0.29) is 23.4 Å². The second kappa shape index (κ2) is 7.58. The Bertz CT molecular complexity index is 579. The lowest BCUT2D eigenvalue weighted by atomic mass is 10.1. The zero-order valence-electron chi connectivity index (χ0n) is 12.1. The molecule has 0 spiro atoms. The van der Waals surface area contributed by atoms with Gasteiger partial charge in [0.1, 0.15) is 0 Å². The van der Waals surface area contributed by atoms with E-state index in [0.717, 1.165) is 12.8 Å². The molecule has 114 valence electrons. The molecule has 0 N–H and O–H groups in total. The minimum Gasteiger partial charge on any atom is -0.377 e. The second-order valence-corrected chi connectivity index (χ2v) is 7.55. The number of nitrogens with zero attached hydrogens (tertiary/aromatic N) is 1. The lowest BCUT2D eigenvalue weighted by Gasteiger charge is -2.15. The number of benzene rings is 1. The third kappa shape index (κ3) is 4.83. The molecule has 0 aliphatic heterocycles. The van der Waals surface area contributed by atoms with E-state index in [9.17, 15) is 8.42 Å². The molecule has 21 heavy (non-hydrogen) atoms. The summed E-state index contributed by atoms with van der Waals surface area (Å²) in [4.78, 5) is 0.256. The van der Waals surface area contributed by atoms with E-state index < -0.39 is 9.84 Å². The Labute approximate surface area is 126 Å². The Morgan fingerprint density at radius 2 is 1.71 bits per heavy atom.